The summed E-state index contributed by atoms with van der Waals surface area (Å²) in [6.07, 6.45) is 5.22. The van der Waals surface area contributed by atoms with E-state index >= 15 is 0 Å². The first-order valence-corrected chi connectivity index (χ1v) is 5.95. The topological polar surface area (TPSA) is 42.7 Å². The highest BCUT2D eigenvalue weighted by Gasteiger charge is 2.13. The quantitative estimate of drug-likeness (QED) is 0.749. The smallest absolute Gasteiger partial charge is 0.0756 e. The van der Waals surface area contributed by atoms with Crippen LogP contribution in [0.25, 0.3) is 0 Å². The molecule has 1 rings (SSSR count). The molecule has 0 aliphatic heterocycles. The largest absolute Gasteiger partial charge is 0.309 e. The van der Waals surface area contributed by atoms with Crippen molar-refractivity contribution < 1.29 is 0 Å². The number of rotatable bonds is 7. The molecule has 0 saturated heterocycles. The lowest BCUT2D eigenvalue weighted by atomic mass is 10.1. The van der Waals surface area contributed by atoms with Gasteiger partial charge in [-0.15, -0.1) is 5.10 Å². The van der Waals surface area contributed by atoms with Gasteiger partial charge in [0.2, 0.25) is 0 Å². The molecule has 15 heavy (non-hydrogen) atoms. The van der Waals surface area contributed by atoms with E-state index < -0.39 is 0 Å². The molecule has 1 aromatic rings. The van der Waals surface area contributed by atoms with Crippen molar-refractivity contribution in [2.45, 2.75) is 52.6 Å². The minimum absolute atomic E-state index is 0.395. The number of nitrogens with zero attached hydrogens (tertiary/aromatic N) is 3. The van der Waals surface area contributed by atoms with E-state index in [0.29, 0.717) is 6.04 Å². The van der Waals surface area contributed by atoms with Crippen LogP contribution in [0.1, 0.15) is 51.8 Å². The van der Waals surface area contributed by atoms with E-state index in [1.165, 1.54) is 5.69 Å². The Bertz CT molecular complexity index is 269. The van der Waals surface area contributed by atoms with E-state index in [0.717, 1.165) is 32.4 Å². The molecule has 1 aromatic heterocycles. The van der Waals surface area contributed by atoms with Crippen molar-refractivity contribution in [3.8, 4) is 0 Å². The van der Waals surface area contributed by atoms with Gasteiger partial charge in [0, 0.05) is 6.54 Å². The zero-order valence-corrected chi connectivity index (χ0v) is 10.0. The lowest BCUT2D eigenvalue weighted by molar-refractivity contribution is 0.458. The van der Waals surface area contributed by atoms with Crippen molar-refractivity contribution in [1.82, 2.24) is 20.3 Å². The molecule has 1 unspecified atom stereocenters. The maximum atomic E-state index is 4.11. The van der Waals surface area contributed by atoms with Gasteiger partial charge in [0.1, 0.15) is 0 Å². The first kappa shape index (κ1) is 12.2. The molecule has 0 bridgehead atoms. The molecule has 4 nitrogen and oxygen atoms in total. The van der Waals surface area contributed by atoms with Crippen molar-refractivity contribution in [1.29, 1.82) is 0 Å². The summed E-state index contributed by atoms with van der Waals surface area (Å²) in [6.45, 7) is 8.54. The fourth-order valence-electron chi connectivity index (χ4n) is 1.70. The molecule has 4 heteroatoms. The maximum absolute atomic E-state index is 4.11. The van der Waals surface area contributed by atoms with E-state index in [9.17, 15) is 0 Å². The maximum Gasteiger partial charge on any atom is 0.0756 e. The summed E-state index contributed by atoms with van der Waals surface area (Å²) in [6, 6.07) is 0.395. The first-order chi connectivity index (χ1) is 7.33. The van der Waals surface area contributed by atoms with Gasteiger partial charge in [-0.3, -0.25) is 0 Å². The predicted octanol–water partition coefficient (Wildman–Crippen LogP) is 2.14. The van der Waals surface area contributed by atoms with Crippen LogP contribution in [-0.2, 0) is 6.54 Å². The molecule has 86 valence electrons. The highest BCUT2D eigenvalue weighted by atomic mass is 15.4. The molecule has 0 saturated carbocycles. The van der Waals surface area contributed by atoms with Gasteiger partial charge in [0.15, 0.2) is 0 Å². The Labute approximate surface area is 92.1 Å². The fraction of sp³-hybridized carbons (Fsp3) is 0.818. The summed E-state index contributed by atoms with van der Waals surface area (Å²) in [5.74, 6) is 0. The molecular weight excluding hydrogens is 188 g/mol. The zero-order chi connectivity index (χ0) is 11.1. The summed E-state index contributed by atoms with van der Waals surface area (Å²) in [4.78, 5) is 0. The minimum atomic E-state index is 0.395. The molecule has 0 fully saturated rings. The molecule has 1 heterocycles. The molecule has 0 radical (unpaired) electrons. The Morgan fingerprint density at radius 1 is 1.33 bits per heavy atom. The molecule has 1 atom stereocenters. The number of hydrogen-bond acceptors (Lipinski definition) is 3. The average Bonchev–Trinajstić information content (AvgIpc) is 2.68. The summed E-state index contributed by atoms with van der Waals surface area (Å²) < 4.78 is 2.01. The van der Waals surface area contributed by atoms with E-state index in [4.69, 9.17) is 0 Å². The van der Waals surface area contributed by atoms with Crippen LogP contribution in [-0.4, -0.2) is 21.5 Å². The molecule has 0 aliphatic rings. The van der Waals surface area contributed by atoms with Crippen LogP contribution in [0, 0.1) is 0 Å². The van der Waals surface area contributed by atoms with Crippen LogP contribution in [0.15, 0.2) is 6.20 Å². The summed E-state index contributed by atoms with van der Waals surface area (Å²) in [7, 11) is 0. The van der Waals surface area contributed by atoms with E-state index in [2.05, 4.69) is 36.4 Å². The summed E-state index contributed by atoms with van der Waals surface area (Å²) >= 11 is 0. The number of aromatic nitrogens is 3. The second-order valence-corrected chi connectivity index (χ2v) is 3.80. The van der Waals surface area contributed by atoms with Crippen LogP contribution in [0.3, 0.4) is 0 Å². The fourth-order valence-corrected chi connectivity index (χ4v) is 1.70. The molecule has 1 N–H and O–H groups in total. The molecule has 0 aliphatic carbocycles. The van der Waals surface area contributed by atoms with Gasteiger partial charge in [0.05, 0.1) is 17.9 Å². The SMILES string of the molecule is CCCNC(CC)c1cnnn1CCC. The van der Waals surface area contributed by atoms with Gasteiger partial charge >= 0.3 is 0 Å². The molecule has 0 amide bonds. The zero-order valence-electron chi connectivity index (χ0n) is 10.0. The van der Waals surface area contributed by atoms with Gasteiger partial charge in [-0.2, -0.15) is 0 Å². The standard InChI is InChI=1S/C11H22N4/c1-4-7-12-10(6-3)11-9-13-14-15(11)8-5-2/h9-10,12H,4-8H2,1-3H3. The molecule has 0 aromatic carbocycles. The minimum Gasteiger partial charge on any atom is -0.309 e. The number of hydrogen-bond donors (Lipinski definition) is 1. The third kappa shape index (κ3) is 3.30. The molecule has 0 spiro atoms. The monoisotopic (exact) mass is 210 g/mol. The highest BCUT2D eigenvalue weighted by Crippen LogP contribution is 2.15. The first-order valence-electron chi connectivity index (χ1n) is 5.95. The lowest BCUT2D eigenvalue weighted by Gasteiger charge is -2.17. The van der Waals surface area contributed by atoms with Crippen molar-refractivity contribution in [3.05, 3.63) is 11.9 Å². The Morgan fingerprint density at radius 2 is 2.13 bits per heavy atom. The van der Waals surface area contributed by atoms with E-state index in [1.807, 2.05) is 10.9 Å². The van der Waals surface area contributed by atoms with E-state index in [1.54, 1.807) is 0 Å². The van der Waals surface area contributed by atoms with Crippen LogP contribution in [0.2, 0.25) is 0 Å². The predicted molar refractivity (Wildman–Crippen MR) is 61.6 cm³/mol. The normalized spacial score (nSPS) is 13.0. The third-order valence-electron chi connectivity index (χ3n) is 2.49. The van der Waals surface area contributed by atoms with Crippen LogP contribution >= 0.6 is 0 Å². The van der Waals surface area contributed by atoms with Crippen LogP contribution in [0.4, 0.5) is 0 Å². The highest BCUT2D eigenvalue weighted by molar-refractivity contribution is 5.01. The van der Waals surface area contributed by atoms with Gasteiger partial charge < -0.3 is 5.32 Å². The van der Waals surface area contributed by atoms with Crippen molar-refractivity contribution in [2.24, 2.45) is 0 Å². The van der Waals surface area contributed by atoms with Gasteiger partial charge in [-0.25, -0.2) is 4.68 Å². The Hall–Kier alpha value is -0.900. The van der Waals surface area contributed by atoms with E-state index in [-0.39, 0.29) is 0 Å². The van der Waals surface area contributed by atoms with Crippen molar-refractivity contribution in [2.75, 3.05) is 6.54 Å². The van der Waals surface area contributed by atoms with Crippen LogP contribution < -0.4 is 5.32 Å². The molecular formula is C11H22N4. The van der Waals surface area contributed by atoms with Gasteiger partial charge in [-0.05, 0) is 25.8 Å². The third-order valence-corrected chi connectivity index (χ3v) is 2.49. The summed E-state index contributed by atoms with van der Waals surface area (Å²) in [5, 5.41) is 11.6. The second-order valence-electron chi connectivity index (χ2n) is 3.80. The Kier molecular flexibility index (Phi) is 5.32. The second kappa shape index (κ2) is 6.56. The Morgan fingerprint density at radius 3 is 2.73 bits per heavy atom. The average molecular weight is 210 g/mol. The lowest BCUT2D eigenvalue weighted by Crippen LogP contribution is -2.24. The Balaban J connectivity index is 2.67. The number of nitrogens with one attached hydrogen (secondary N) is 1. The van der Waals surface area contributed by atoms with Crippen molar-refractivity contribution >= 4 is 0 Å². The van der Waals surface area contributed by atoms with Gasteiger partial charge in [0.25, 0.3) is 0 Å². The summed E-state index contributed by atoms with van der Waals surface area (Å²) in [5.41, 5.74) is 1.22. The van der Waals surface area contributed by atoms with Crippen molar-refractivity contribution in [3.63, 3.8) is 0 Å². The van der Waals surface area contributed by atoms with Crippen LogP contribution in [0.5, 0.6) is 0 Å². The number of aryl methyl sites for hydroxylation is 1. The van der Waals surface area contributed by atoms with Gasteiger partial charge in [-0.1, -0.05) is 26.0 Å².